The van der Waals surface area contributed by atoms with Gasteiger partial charge in [-0.1, -0.05) is 10.4 Å². The molecule has 0 aliphatic carbocycles. The van der Waals surface area contributed by atoms with Crippen molar-refractivity contribution in [1.29, 1.82) is 0 Å². The van der Waals surface area contributed by atoms with Crippen molar-refractivity contribution in [2.45, 2.75) is 0 Å². The number of rotatable bonds is 0. The molecule has 0 aliphatic rings. The number of oxazole rings is 1. The zero-order chi connectivity index (χ0) is 17.7. The summed E-state index contributed by atoms with van der Waals surface area (Å²) in [5, 5.41) is 21.5. The minimum absolute atomic E-state index is 1.33. The van der Waals surface area contributed by atoms with Crippen LogP contribution in [-0.4, -0.2) is 55.9 Å². The van der Waals surface area contributed by atoms with Crippen molar-refractivity contribution in [1.82, 2.24) is 55.9 Å². The number of aromatic amines is 3. The summed E-state index contributed by atoms with van der Waals surface area (Å²) >= 11 is 0. The number of imidazole rings is 1. The molecule has 0 unspecified atom stereocenters. The third kappa shape index (κ3) is 14.5. The Morgan fingerprint density at radius 1 is 0.840 bits per heavy atom. The van der Waals surface area contributed by atoms with E-state index in [1.807, 2.05) is 0 Å². The molecular formula is C12H15N11O2. The molecule has 13 nitrogen and oxygen atoms in total. The molecule has 3 N–H and O–H groups in total. The molecular weight excluding hydrogens is 330 g/mol. The second kappa shape index (κ2) is 16.2. The molecule has 0 saturated heterocycles. The predicted octanol–water partition coefficient (Wildman–Crippen LogP) is 0.763. The van der Waals surface area contributed by atoms with E-state index in [2.05, 4.69) is 64.9 Å². The lowest BCUT2D eigenvalue weighted by Crippen LogP contribution is -1.64. The van der Waals surface area contributed by atoms with Gasteiger partial charge in [0.25, 0.3) is 0 Å². The number of nitrogens with one attached hydrogen (secondary N) is 3. The molecule has 0 atom stereocenters. The molecule has 5 aromatic heterocycles. The van der Waals surface area contributed by atoms with E-state index < -0.39 is 0 Å². The monoisotopic (exact) mass is 345 g/mol. The van der Waals surface area contributed by atoms with Gasteiger partial charge in [0, 0.05) is 12.4 Å². The Kier molecular flexibility index (Phi) is 12.3. The van der Waals surface area contributed by atoms with Gasteiger partial charge in [0.15, 0.2) is 12.7 Å². The van der Waals surface area contributed by atoms with Gasteiger partial charge in [-0.2, -0.15) is 10.3 Å². The van der Waals surface area contributed by atoms with Gasteiger partial charge < -0.3 is 13.9 Å². The first-order valence-electron chi connectivity index (χ1n) is 6.54. The van der Waals surface area contributed by atoms with Crippen molar-refractivity contribution in [3.8, 4) is 0 Å². The number of hydrogen-bond donors (Lipinski definition) is 3. The summed E-state index contributed by atoms with van der Waals surface area (Å²) in [6.07, 6.45) is 16.9. The van der Waals surface area contributed by atoms with Crippen LogP contribution in [0.15, 0.2) is 84.0 Å². The minimum Gasteiger partial charge on any atom is -0.452 e. The molecule has 0 spiro atoms. The van der Waals surface area contributed by atoms with Crippen molar-refractivity contribution in [3.63, 3.8) is 0 Å². The topological polar surface area (TPSA) is 177 Å². The molecule has 130 valence electrons. The Labute approximate surface area is 140 Å². The van der Waals surface area contributed by atoms with Crippen molar-refractivity contribution in [2.75, 3.05) is 0 Å². The molecule has 0 aromatic carbocycles. The van der Waals surface area contributed by atoms with E-state index in [1.165, 1.54) is 37.9 Å². The Balaban J connectivity index is 0.000000156. The molecule has 5 aromatic rings. The van der Waals surface area contributed by atoms with Crippen LogP contribution in [0.3, 0.4) is 0 Å². The fourth-order valence-electron chi connectivity index (χ4n) is 0.862. The van der Waals surface area contributed by atoms with Gasteiger partial charge in [-0.15, -0.1) is 10.2 Å². The second-order valence-electron chi connectivity index (χ2n) is 3.34. The van der Waals surface area contributed by atoms with Crippen LogP contribution in [0.25, 0.3) is 0 Å². The minimum atomic E-state index is 1.33. The van der Waals surface area contributed by atoms with E-state index in [-0.39, 0.29) is 0 Å². The van der Waals surface area contributed by atoms with Crippen LogP contribution in [0, 0.1) is 0 Å². The molecule has 0 fully saturated rings. The third-order valence-corrected chi connectivity index (χ3v) is 1.70. The summed E-state index contributed by atoms with van der Waals surface area (Å²) in [4.78, 5) is 13.5. The number of H-pyrrole nitrogens is 3. The van der Waals surface area contributed by atoms with E-state index in [0.29, 0.717) is 0 Å². The molecule has 13 heteroatoms. The lowest BCUT2D eigenvalue weighted by molar-refractivity contribution is 0.420. The lowest BCUT2D eigenvalue weighted by Gasteiger charge is -1.48. The Hall–Kier alpha value is -4.16. The van der Waals surface area contributed by atoms with E-state index in [4.69, 9.17) is 0 Å². The van der Waals surface area contributed by atoms with Gasteiger partial charge in [-0.05, 0) is 6.07 Å². The van der Waals surface area contributed by atoms with Crippen molar-refractivity contribution in [2.24, 2.45) is 0 Å². The summed E-state index contributed by atoms with van der Waals surface area (Å²) in [6.45, 7) is 0. The first kappa shape index (κ1) is 18.9. The molecule has 0 amide bonds. The molecule has 5 rings (SSSR count). The number of tetrazole rings is 1. The van der Waals surface area contributed by atoms with Gasteiger partial charge >= 0.3 is 0 Å². The van der Waals surface area contributed by atoms with Crippen LogP contribution < -0.4 is 0 Å². The first-order valence-corrected chi connectivity index (χ1v) is 6.54. The smallest absolute Gasteiger partial charge is 0.180 e. The molecule has 5 heterocycles. The van der Waals surface area contributed by atoms with E-state index in [9.17, 15) is 0 Å². The molecule has 0 aliphatic heterocycles. The Morgan fingerprint density at radius 3 is 2.04 bits per heavy atom. The van der Waals surface area contributed by atoms with Crippen LogP contribution in [-0.2, 0) is 0 Å². The maximum atomic E-state index is 4.47. The predicted molar refractivity (Wildman–Crippen MR) is 82.2 cm³/mol. The summed E-state index contributed by atoms with van der Waals surface area (Å²) < 4.78 is 8.81. The standard InChI is InChI=1S/C3H4N2.2C3H3NO.C2H3N3.CH2N4/c2*1-2-5-3-4-1;1-2-4-5-3-1;1-3-2-5-4-1;1-2-4-5-3-1/h1-3H,(H,4,5);2*1-3H;1-2H,(H,3,4,5);1H,(H,2,3,4,5). The van der Waals surface area contributed by atoms with Crippen LogP contribution in [0.2, 0.25) is 0 Å². The molecule has 0 bridgehead atoms. The molecule has 0 saturated carbocycles. The zero-order valence-electron chi connectivity index (χ0n) is 12.8. The molecule has 25 heavy (non-hydrogen) atoms. The summed E-state index contributed by atoms with van der Waals surface area (Å²) in [5.41, 5.74) is 0. The number of hydrogen-bond acceptors (Lipinski definition) is 10. The summed E-state index contributed by atoms with van der Waals surface area (Å²) in [6, 6.07) is 1.72. The highest BCUT2D eigenvalue weighted by atomic mass is 16.5. The van der Waals surface area contributed by atoms with Crippen LogP contribution >= 0.6 is 0 Å². The summed E-state index contributed by atoms with van der Waals surface area (Å²) in [7, 11) is 0. The highest BCUT2D eigenvalue weighted by molar-refractivity contribution is 4.67. The zero-order valence-corrected chi connectivity index (χ0v) is 12.8. The van der Waals surface area contributed by atoms with Gasteiger partial charge in [0.1, 0.15) is 25.2 Å². The van der Waals surface area contributed by atoms with E-state index in [1.54, 1.807) is 37.2 Å². The lowest BCUT2D eigenvalue weighted by atomic mass is 10.8. The maximum absolute atomic E-state index is 4.47. The van der Waals surface area contributed by atoms with Crippen LogP contribution in [0.1, 0.15) is 0 Å². The molecule has 0 radical (unpaired) electrons. The highest BCUT2D eigenvalue weighted by Gasteiger charge is 1.61. The van der Waals surface area contributed by atoms with Crippen molar-refractivity contribution < 1.29 is 8.94 Å². The van der Waals surface area contributed by atoms with Crippen LogP contribution in [0.4, 0.5) is 0 Å². The van der Waals surface area contributed by atoms with E-state index >= 15 is 0 Å². The quantitative estimate of drug-likeness (QED) is 0.363. The fraction of sp³-hybridized carbons (Fsp3) is 0. The fourth-order valence-corrected chi connectivity index (χ4v) is 0.862. The van der Waals surface area contributed by atoms with E-state index in [0.717, 1.165) is 0 Å². The number of aromatic nitrogens is 11. The van der Waals surface area contributed by atoms with Crippen molar-refractivity contribution in [3.05, 3.63) is 75.1 Å². The second-order valence-corrected chi connectivity index (χ2v) is 3.34. The van der Waals surface area contributed by atoms with Gasteiger partial charge in [-0.3, -0.25) is 5.10 Å². The van der Waals surface area contributed by atoms with Crippen LogP contribution in [0.5, 0.6) is 0 Å². The highest BCUT2D eigenvalue weighted by Crippen LogP contribution is 1.72. The van der Waals surface area contributed by atoms with Gasteiger partial charge in [0.2, 0.25) is 0 Å². The van der Waals surface area contributed by atoms with Crippen molar-refractivity contribution >= 4 is 0 Å². The van der Waals surface area contributed by atoms with Gasteiger partial charge in [-0.25, -0.2) is 15.0 Å². The average molecular weight is 345 g/mol. The summed E-state index contributed by atoms with van der Waals surface area (Å²) in [5.74, 6) is 0. The average Bonchev–Trinajstić information content (AvgIpc) is 3.55. The Bertz CT molecular complexity index is 468. The SMILES string of the molecule is c1c[nH]cn1.c1cnoc1.c1cocn1.c1nc[nH]n1.c1nn[nH]n1. The number of nitrogens with zero attached hydrogens (tertiary/aromatic N) is 8. The largest absolute Gasteiger partial charge is 0.452 e. The van der Waals surface area contributed by atoms with Gasteiger partial charge in [0.05, 0.1) is 18.7 Å². The third-order valence-electron chi connectivity index (χ3n) is 1.70. The maximum Gasteiger partial charge on any atom is 0.180 e. The normalized spacial score (nSPS) is 8.00. The Morgan fingerprint density at radius 2 is 1.84 bits per heavy atom. The first-order chi connectivity index (χ1) is 12.5.